The number of esters is 1. The molecule has 4 rings (SSSR count). The van der Waals surface area contributed by atoms with E-state index in [4.69, 9.17) is 4.74 Å². The molecular weight excluding hydrogens is 460 g/mol. The zero-order valence-corrected chi connectivity index (χ0v) is 21.2. The number of benzene rings is 1. The number of amides is 2. The number of ketones is 1. The van der Waals surface area contributed by atoms with Gasteiger partial charge in [0.05, 0.1) is 13.2 Å². The average Bonchev–Trinajstić information content (AvgIpc) is 3.25. The molecule has 1 aliphatic heterocycles. The van der Waals surface area contributed by atoms with Crippen LogP contribution in [0, 0.1) is 0 Å². The number of carbonyl (C=O) groups is 4. The lowest BCUT2D eigenvalue weighted by Crippen LogP contribution is -2.65. The van der Waals surface area contributed by atoms with E-state index in [1.807, 2.05) is 0 Å². The summed E-state index contributed by atoms with van der Waals surface area (Å²) < 4.78 is 6.47. The Morgan fingerprint density at radius 2 is 1.81 bits per heavy atom. The molecule has 0 saturated heterocycles. The van der Waals surface area contributed by atoms with Gasteiger partial charge in [-0.3, -0.25) is 24.0 Å². The number of anilines is 1. The third-order valence-electron chi connectivity index (χ3n) is 7.08. The number of nitrogens with one attached hydrogen (secondary N) is 1. The molecule has 2 aliphatic rings. The van der Waals surface area contributed by atoms with Crippen LogP contribution in [0.4, 0.5) is 5.69 Å². The lowest BCUT2D eigenvalue weighted by molar-refractivity contribution is -0.127. The van der Waals surface area contributed by atoms with Gasteiger partial charge < -0.3 is 10.1 Å². The second kappa shape index (κ2) is 10.6. The van der Waals surface area contributed by atoms with Crippen molar-refractivity contribution < 1.29 is 23.9 Å². The van der Waals surface area contributed by atoms with E-state index in [2.05, 4.69) is 10.4 Å². The fourth-order valence-corrected chi connectivity index (χ4v) is 5.10. The van der Waals surface area contributed by atoms with Crippen molar-refractivity contribution in [3.8, 4) is 0 Å². The minimum absolute atomic E-state index is 0.0160. The van der Waals surface area contributed by atoms with Gasteiger partial charge in [-0.1, -0.05) is 44.2 Å². The van der Waals surface area contributed by atoms with Crippen molar-refractivity contribution in [3.63, 3.8) is 0 Å². The number of hydrogen-bond donors (Lipinski definition) is 1. The fourth-order valence-electron chi connectivity index (χ4n) is 5.10. The molecule has 192 valence electrons. The maximum Gasteiger partial charge on any atom is 0.358 e. The van der Waals surface area contributed by atoms with Crippen LogP contribution in [0.1, 0.15) is 97.1 Å². The Morgan fingerprint density at radius 3 is 2.47 bits per heavy atom. The molecule has 1 aromatic heterocycles. The van der Waals surface area contributed by atoms with Gasteiger partial charge in [0, 0.05) is 23.4 Å². The van der Waals surface area contributed by atoms with Crippen LogP contribution in [0.2, 0.25) is 0 Å². The SMILES string of the molecule is CCOC(=O)c1cc2n(n1)C[C@@](C)(C(=O)NC1CCCCCCC1)N(c1cccc(C(C)=O)c1)C2=O. The molecule has 9 nitrogen and oxygen atoms in total. The standard InChI is InChI=1S/C27H34N4O5/c1-4-36-25(34)22-16-23-24(33)31(21-14-10-11-19(15-21)18(2)32)27(3,17-30(23)29-22)26(35)28-20-12-8-6-5-7-9-13-20/h10-11,14-16,20H,4-9,12-13,17H2,1-3H3,(H,28,35)/t27-/m0/s1. The van der Waals surface area contributed by atoms with Crippen molar-refractivity contribution in [3.05, 3.63) is 47.3 Å². The van der Waals surface area contributed by atoms with Gasteiger partial charge in [-0.25, -0.2) is 4.79 Å². The number of Topliss-reactive ketones (excluding diaryl/α,β-unsaturated/α-hetero) is 1. The highest BCUT2D eigenvalue weighted by atomic mass is 16.5. The summed E-state index contributed by atoms with van der Waals surface area (Å²) in [7, 11) is 0. The molecule has 1 saturated carbocycles. The van der Waals surface area contributed by atoms with Crippen LogP contribution in [0.5, 0.6) is 0 Å². The molecule has 0 unspecified atom stereocenters. The summed E-state index contributed by atoms with van der Waals surface area (Å²) in [6.07, 6.45) is 7.43. The van der Waals surface area contributed by atoms with Gasteiger partial charge in [-0.05, 0) is 45.7 Å². The zero-order valence-electron chi connectivity index (χ0n) is 21.2. The van der Waals surface area contributed by atoms with Crippen molar-refractivity contribution in [1.29, 1.82) is 0 Å². The number of hydrogen-bond acceptors (Lipinski definition) is 6. The van der Waals surface area contributed by atoms with Crippen molar-refractivity contribution in [2.24, 2.45) is 0 Å². The number of aromatic nitrogens is 2. The Hall–Kier alpha value is -3.49. The Balaban J connectivity index is 1.74. The summed E-state index contributed by atoms with van der Waals surface area (Å²) in [5, 5.41) is 7.51. The molecule has 1 fully saturated rings. The van der Waals surface area contributed by atoms with Crippen molar-refractivity contribution in [2.45, 2.75) is 83.8 Å². The fraction of sp³-hybridized carbons (Fsp3) is 0.519. The molecular formula is C27H34N4O5. The van der Waals surface area contributed by atoms with Gasteiger partial charge >= 0.3 is 5.97 Å². The van der Waals surface area contributed by atoms with Crippen molar-refractivity contribution in [1.82, 2.24) is 15.1 Å². The monoisotopic (exact) mass is 494 g/mol. The molecule has 2 aromatic rings. The minimum Gasteiger partial charge on any atom is -0.461 e. The summed E-state index contributed by atoms with van der Waals surface area (Å²) in [5.74, 6) is -1.52. The highest BCUT2D eigenvalue weighted by molar-refractivity contribution is 6.13. The van der Waals surface area contributed by atoms with E-state index in [-0.39, 0.29) is 42.3 Å². The van der Waals surface area contributed by atoms with Gasteiger partial charge in [0.25, 0.3) is 5.91 Å². The summed E-state index contributed by atoms with van der Waals surface area (Å²) in [6.45, 7) is 5.09. The van der Waals surface area contributed by atoms with Crippen LogP contribution in [-0.2, 0) is 16.1 Å². The minimum atomic E-state index is -1.33. The topological polar surface area (TPSA) is 111 Å². The maximum absolute atomic E-state index is 13.9. The first kappa shape index (κ1) is 25.6. The lowest BCUT2D eigenvalue weighted by Gasteiger charge is -2.44. The van der Waals surface area contributed by atoms with Crippen molar-refractivity contribution in [2.75, 3.05) is 11.5 Å². The molecule has 9 heteroatoms. The summed E-state index contributed by atoms with van der Waals surface area (Å²) in [6, 6.07) is 8.14. The summed E-state index contributed by atoms with van der Waals surface area (Å²) in [4.78, 5) is 53.6. The van der Waals surface area contributed by atoms with Gasteiger partial charge in [0.1, 0.15) is 11.2 Å². The molecule has 1 aromatic carbocycles. The maximum atomic E-state index is 13.9. The Morgan fingerprint density at radius 1 is 1.11 bits per heavy atom. The number of fused-ring (bicyclic) bond motifs is 1. The summed E-state index contributed by atoms with van der Waals surface area (Å²) >= 11 is 0. The molecule has 1 atom stereocenters. The largest absolute Gasteiger partial charge is 0.461 e. The smallest absolute Gasteiger partial charge is 0.358 e. The van der Waals surface area contributed by atoms with Crippen LogP contribution in [-0.4, -0.2) is 51.5 Å². The molecule has 2 amide bonds. The van der Waals surface area contributed by atoms with Crippen molar-refractivity contribution >= 4 is 29.3 Å². The molecule has 2 heterocycles. The van der Waals surface area contributed by atoms with E-state index in [1.165, 1.54) is 29.0 Å². The van der Waals surface area contributed by atoms with E-state index >= 15 is 0 Å². The van der Waals surface area contributed by atoms with Gasteiger partial charge in [0.2, 0.25) is 5.91 Å². The summed E-state index contributed by atoms with van der Waals surface area (Å²) in [5.41, 5.74) is -0.257. The first-order valence-electron chi connectivity index (χ1n) is 12.8. The van der Waals surface area contributed by atoms with Crippen LogP contribution >= 0.6 is 0 Å². The van der Waals surface area contributed by atoms with E-state index in [0.29, 0.717) is 11.3 Å². The number of nitrogens with zero attached hydrogens (tertiary/aromatic N) is 3. The first-order valence-corrected chi connectivity index (χ1v) is 12.8. The van der Waals surface area contributed by atoms with E-state index in [1.54, 1.807) is 38.1 Å². The second-order valence-corrected chi connectivity index (χ2v) is 9.83. The molecule has 1 N–H and O–H groups in total. The lowest BCUT2D eigenvalue weighted by atomic mass is 9.91. The molecule has 36 heavy (non-hydrogen) atoms. The van der Waals surface area contributed by atoms with E-state index in [0.717, 1.165) is 38.5 Å². The molecule has 0 spiro atoms. The average molecular weight is 495 g/mol. The van der Waals surface area contributed by atoms with E-state index in [9.17, 15) is 19.2 Å². The predicted octanol–water partition coefficient (Wildman–Crippen LogP) is 3.91. The quantitative estimate of drug-likeness (QED) is 0.482. The molecule has 0 bridgehead atoms. The Kier molecular flexibility index (Phi) is 7.56. The highest BCUT2D eigenvalue weighted by Gasteiger charge is 2.49. The Labute approximate surface area is 211 Å². The zero-order chi connectivity index (χ0) is 25.9. The van der Waals surface area contributed by atoms with Crippen LogP contribution < -0.4 is 10.2 Å². The van der Waals surface area contributed by atoms with Gasteiger partial charge in [0.15, 0.2) is 11.5 Å². The van der Waals surface area contributed by atoms with Crippen LogP contribution in [0.3, 0.4) is 0 Å². The molecule has 1 aliphatic carbocycles. The van der Waals surface area contributed by atoms with Gasteiger partial charge in [-0.2, -0.15) is 5.10 Å². The predicted molar refractivity (Wildman–Crippen MR) is 134 cm³/mol. The van der Waals surface area contributed by atoms with E-state index < -0.39 is 17.4 Å². The normalized spacial score (nSPS) is 20.8. The second-order valence-electron chi connectivity index (χ2n) is 9.83. The highest BCUT2D eigenvalue weighted by Crippen LogP contribution is 2.34. The first-order chi connectivity index (χ1) is 17.2. The molecule has 0 radical (unpaired) electrons. The van der Waals surface area contributed by atoms with Crippen LogP contribution in [0.15, 0.2) is 30.3 Å². The number of carbonyl (C=O) groups excluding carboxylic acids is 4. The number of rotatable bonds is 6. The third kappa shape index (κ3) is 5.05. The Bertz CT molecular complexity index is 1160. The van der Waals surface area contributed by atoms with Gasteiger partial charge in [-0.15, -0.1) is 0 Å². The third-order valence-corrected chi connectivity index (χ3v) is 7.08. The van der Waals surface area contributed by atoms with Crippen LogP contribution in [0.25, 0.3) is 0 Å². The number of ether oxygens (including phenoxy) is 1.